The lowest BCUT2D eigenvalue weighted by molar-refractivity contribution is -0.136. The van der Waals surface area contributed by atoms with E-state index < -0.39 is 10.0 Å². The number of nitrogens with zero attached hydrogens (tertiary/aromatic N) is 3. The molecule has 162 valence electrons. The topological polar surface area (TPSA) is 70.2 Å². The maximum absolute atomic E-state index is 12.9. The van der Waals surface area contributed by atoms with Crippen LogP contribution in [0.2, 0.25) is 0 Å². The van der Waals surface area contributed by atoms with Crippen LogP contribution in [0.4, 0.5) is 0 Å². The zero-order valence-electron chi connectivity index (χ0n) is 17.5. The molecule has 3 rings (SSSR count). The molecule has 0 radical (unpaired) electrons. The average Bonchev–Trinajstić information content (AvgIpc) is 2.74. The summed E-state index contributed by atoms with van der Waals surface area (Å²) in [5.74, 6) is 0.845. The fourth-order valence-corrected chi connectivity index (χ4v) is 5.61. The molecule has 1 atom stereocenters. The van der Waals surface area contributed by atoms with Crippen molar-refractivity contribution in [3.63, 3.8) is 0 Å². The number of hydrogen-bond acceptors (Lipinski definition) is 5. The lowest BCUT2D eigenvalue weighted by atomic mass is 10.00. The van der Waals surface area contributed by atoms with Gasteiger partial charge in [0.2, 0.25) is 15.9 Å². The number of piperidine rings is 1. The normalized spacial score (nSPS) is 21.9. The van der Waals surface area contributed by atoms with Crippen molar-refractivity contribution in [3.05, 3.63) is 24.3 Å². The van der Waals surface area contributed by atoms with Crippen molar-refractivity contribution >= 4 is 15.9 Å². The maximum Gasteiger partial charge on any atom is 0.243 e. The molecule has 0 saturated carbocycles. The highest BCUT2D eigenvalue weighted by molar-refractivity contribution is 7.89. The van der Waals surface area contributed by atoms with Crippen LogP contribution >= 0.6 is 0 Å². The minimum Gasteiger partial charge on any atom is -0.494 e. The second-order valence-corrected chi connectivity index (χ2v) is 9.67. The summed E-state index contributed by atoms with van der Waals surface area (Å²) >= 11 is 0. The van der Waals surface area contributed by atoms with E-state index in [-0.39, 0.29) is 10.8 Å². The Labute approximate surface area is 174 Å². The van der Waals surface area contributed by atoms with Gasteiger partial charge in [-0.15, -0.1) is 0 Å². The lowest BCUT2D eigenvalue weighted by Gasteiger charge is -2.38. The van der Waals surface area contributed by atoms with Gasteiger partial charge in [0.1, 0.15) is 5.75 Å². The van der Waals surface area contributed by atoms with Crippen LogP contribution in [0.3, 0.4) is 0 Å². The first-order chi connectivity index (χ1) is 14.0. The van der Waals surface area contributed by atoms with Crippen LogP contribution in [-0.2, 0) is 14.8 Å². The van der Waals surface area contributed by atoms with Gasteiger partial charge in [-0.05, 0) is 56.9 Å². The molecule has 2 aliphatic heterocycles. The summed E-state index contributed by atoms with van der Waals surface area (Å²) in [6, 6.07) is 6.93. The molecular formula is C21H33N3O4S. The summed E-state index contributed by atoms with van der Waals surface area (Å²) in [6.07, 6.45) is 4.37. The Kier molecular flexibility index (Phi) is 7.54. The highest BCUT2D eigenvalue weighted by Crippen LogP contribution is 2.22. The molecule has 0 N–H and O–H groups in total. The van der Waals surface area contributed by atoms with Gasteiger partial charge in [-0.2, -0.15) is 4.31 Å². The Morgan fingerprint density at radius 2 is 1.72 bits per heavy atom. The first kappa shape index (κ1) is 22.1. The minimum absolute atomic E-state index is 0.180. The van der Waals surface area contributed by atoms with Crippen LogP contribution in [0, 0.1) is 0 Å². The molecule has 1 unspecified atom stereocenters. The Hall–Kier alpha value is -1.64. The van der Waals surface area contributed by atoms with Gasteiger partial charge in [0.25, 0.3) is 0 Å². The second kappa shape index (κ2) is 9.91. The van der Waals surface area contributed by atoms with Crippen molar-refractivity contribution in [2.75, 3.05) is 45.9 Å². The molecule has 2 heterocycles. The standard InChI is InChI=1S/C21H33N3O4S/c1-3-18-7-5-6-12-24(18)21(25)17-22-13-15-23(16-14-22)29(26,27)20-10-8-19(9-11-20)28-4-2/h8-11,18H,3-7,12-17H2,1-2H3. The first-order valence-electron chi connectivity index (χ1n) is 10.7. The van der Waals surface area contributed by atoms with Crippen molar-refractivity contribution < 1.29 is 17.9 Å². The number of hydrogen-bond donors (Lipinski definition) is 0. The van der Waals surface area contributed by atoms with E-state index in [1.807, 2.05) is 11.8 Å². The van der Waals surface area contributed by atoms with Crippen LogP contribution in [-0.4, -0.2) is 80.3 Å². The summed E-state index contributed by atoms with van der Waals surface area (Å²) in [5, 5.41) is 0. The third-order valence-electron chi connectivity index (χ3n) is 5.88. The molecule has 0 bridgehead atoms. The van der Waals surface area contributed by atoms with Crippen LogP contribution in [0.5, 0.6) is 5.75 Å². The monoisotopic (exact) mass is 423 g/mol. The van der Waals surface area contributed by atoms with Gasteiger partial charge in [0, 0.05) is 38.8 Å². The van der Waals surface area contributed by atoms with E-state index in [0.29, 0.717) is 51.1 Å². The predicted molar refractivity (Wildman–Crippen MR) is 112 cm³/mol. The molecule has 0 aliphatic carbocycles. The number of sulfonamides is 1. The van der Waals surface area contributed by atoms with Gasteiger partial charge in [0.15, 0.2) is 0 Å². The smallest absolute Gasteiger partial charge is 0.243 e. The maximum atomic E-state index is 12.9. The molecule has 0 aromatic heterocycles. The quantitative estimate of drug-likeness (QED) is 0.672. The largest absolute Gasteiger partial charge is 0.494 e. The SMILES string of the molecule is CCOc1ccc(S(=O)(=O)N2CCN(CC(=O)N3CCCCC3CC)CC2)cc1. The summed E-state index contributed by atoms with van der Waals surface area (Å²) in [7, 11) is -3.52. The molecule has 2 aliphatic rings. The molecule has 2 fully saturated rings. The highest BCUT2D eigenvalue weighted by Gasteiger charge is 2.31. The number of rotatable bonds is 7. The van der Waals surface area contributed by atoms with Gasteiger partial charge in [-0.25, -0.2) is 8.42 Å². The lowest BCUT2D eigenvalue weighted by Crippen LogP contribution is -2.53. The molecule has 1 aromatic carbocycles. The van der Waals surface area contributed by atoms with E-state index in [2.05, 4.69) is 11.8 Å². The number of likely N-dealkylation sites (tertiary alicyclic amines) is 1. The van der Waals surface area contributed by atoms with Gasteiger partial charge >= 0.3 is 0 Å². The van der Waals surface area contributed by atoms with Crippen LogP contribution in [0.25, 0.3) is 0 Å². The Bertz CT molecular complexity index is 774. The van der Waals surface area contributed by atoms with Crippen molar-refractivity contribution in [1.82, 2.24) is 14.1 Å². The third kappa shape index (κ3) is 5.29. The number of carbonyl (C=O) groups excluding carboxylic acids is 1. The fourth-order valence-electron chi connectivity index (χ4n) is 4.19. The first-order valence-corrected chi connectivity index (χ1v) is 12.1. The fraction of sp³-hybridized carbons (Fsp3) is 0.667. The molecule has 0 spiro atoms. The number of piperazine rings is 1. The Morgan fingerprint density at radius 3 is 2.34 bits per heavy atom. The highest BCUT2D eigenvalue weighted by atomic mass is 32.2. The van der Waals surface area contributed by atoms with Crippen molar-refractivity contribution in [3.8, 4) is 5.75 Å². The van der Waals surface area contributed by atoms with Crippen LogP contribution < -0.4 is 4.74 Å². The van der Waals surface area contributed by atoms with E-state index in [1.54, 1.807) is 24.3 Å². The Morgan fingerprint density at radius 1 is 1.03 bits per heavy atom. The van der Waals surface area contributed by atoms with E-state index in [4.69, 9.17) is 4.74 Å². The van der Waals surface area contributed by atoms with Gasteiger partial charge < -0.3 is 9.64 Å². The zero-order valence-corrected chi connectivity index (χ0v) is 18.4. The number of amides is 1. The van der Waals surface area contributed by atoms with Crippen molar-refractivity contribution in [1.29, 1.82) is 0 Å². The summed E-state index contributed by atoms with van der Waals surface area (Å²) in [4.78, 5) is 17.2. The summed E-state index contributed by atoms with van der Waals surface area (Å²) in [5.41, 5.74) is 0. The molecular weight excluding hydrogens is 390 g/mol. The van der Waals surface area contributed by atoms with E-state index >= 15 is 0 Å². The number of benzene rings is 1. The molecule has 7 nitrogen and oxygen atoms in total. The zero-order chi connectivity index (χ0) is 20.9. The predicted octanol–water partition coefficient (Wildman–Crippen LogP) is 2.18. The van der Waals surface area contributed by atoms with Gasteiger partial charge in [0.05, 0.1) is 18.0 Å². The van der Waals surface area contributed by atoms with E-state index in [9.17, 15) is 13.2 Å². The number of ether oxygens (including phenoxy) is 1. The van der Waals surface area contributed by atoms with E-state index in [0.717, 1.165) is 25.8 Å². The van der Waals surface area contributed by atoms with Gasteiger partial charge in [-0.1, -0.05) is 6.92 Å². The van der Waals surface area contributed by atoms with Crippen LogP contribution in [0.15, 0.2) is 29.2 Å². The minimum atomic E-state index is -3.52. The Balaban J connectivity index is 1.54. The summed E-state index contributed by atoms with van der Waals surface area (Å²) in [6.45, 7) is 7.77. The number of carbonyl (C=O) groups is 1. The molecule has 1 aromatic rings. The van der Waals surface area contributed by atoms with E-state index in [1.165, 1.54) is 10.7 Å². The third-order valence-corrected chi connectivity index (χ3v) is 7.79. The second-order valence-electron chi connectivity index (χ2n) is 7.73. The van der Waals surface area contributed by atoms with Gasteiger partial charge in [-0.3, -0.25) is 9.69 Å². The molecule has 1 amide bonds. The van der Waals surface area contributed by atoms with Crippen molar-refractivity contribution in [2.45, 2.75) is 50.5 Å². The summed E-state index contributed by atoms with van der Waals surface area (Å²) < 4.78 is 32.7. The molecule has 8 heteroatoms. The average molecular weight is 424 g/mol. The van der Waals surface area contributed by atoms with Crippen LogP contribution in [0.1, 0.15) is 39.5 Å². The molecule has 2 saturated heterocycles. The van der Waals surface area contributed by atoms with Crippen molar-refractivity contribution in [2.24, 2.45) is 0 Å². The molecule has 29 heavy (non-hydrogen) atoms.